The zero-order valence-electron chi connectivity index (χ0n) is 26.3. The molecule has 2 heterocycles. The number of hydrogen-bond donors (Lipinski definition) is 3. The highest BCUT2D eigenvalue weighted by Gasteiger charge is 2.44. The highest BCUT2D eigenvalue weighted by Crippen LogP contribution is 2.28. The van der Waals surface area contributed by atoms with E-state index in [2.05, 4.69) is 38.2 Å². The number of likely N-dealkylation sites (tertiary alicyclic amines) is 1. The molecule has 0 bridgehead atoms. The van der Waals surface area contributed by atoms with Crippen LogP contribution >= 0.6 is 33.9 Å². The van der Waals surface area contributed by atoms with Crippen molar-refractivity contribution in [3.63, 3.8) is 0 Å². The van der Waals surface area contributed by atoms with E-state index in [-0.39, 0.29) is 38.6 Å². The van der Waals surface area contributed by atoms with E-state index in [1.807, 2.05) is 57.5 Å². The van der Waals surface area contributed by atoms with Gasteiger partial charge < -0.3 is 30.1 Å². The van der Waals surface area contributed by atoms with Crippen molar-refractivity contribution in [1.82, 2.24) is 20.5 Å². The third-order valence-corrected chi connectivity index (χ3v) is 9.23. The highest BCUT2D eigenvalue weighted by atomic mass is 127. The van der Waals surface area contributed by atoms with Gasteiger partial charge in [-0.25, -0.2) is 4.98 Å². The third-order valence-electron chi connectivity index (χ3n) is 7.49. The molecule has 0 saturated carbocycles. The quantitative estimate of drug-likeness (QED) is 0.126. The molecule has 2 aromatic rings. The van der Waals surface area contributed by atoms with Crippen LogP contribution in [0.5, 0.6) is 0 Å². The van der Waals surface area contributed by atoms with E-state index in [9.17, 15) is 19.5 Å². The van der Waals surface area contributed by atoms with Crippen LogP contribution in [0.2, 0.25) is 0 Å². The Labute approximate surface area is 278 Å². The Balaban J connectivity index is 1.49. The number of carbonyl (C=O) groups excluding carboxylic acids is 3. The van der Waals surface area contributed by atoms with Crippen molar-refractivity contribution >= 4 is 51.6 Å². The summed E-state index contributed by atoms with van der Waals surface area (Å²) in [4.78, 5) is 46.5. The van der Waals surface area contributed by atoms with E-state index in [1.54, 1.807) is 11.3 Å². The first kappa shape index (κ1) is 36.3. The van der Waals surface area contributed by atoms with Crippen LogP contribution in [0, 0.1) is 12.3 Å². The summed E-state index contributed by atoms with van der Waals surface area (Å²) in [6.07, 6.45) is 3.90. The smallest absolute Gasteiger partial charge is 0.246 e. The first-order valence-electron chi connectivity index (χ1n) is 15.3. The molecule has 3 atom stereocenters. The Bertz CT molecular complexity index is 1200. The first-order valence-corrected chi connectivity index (χ1v) is 17.7. The molecular formula is C32H47IN4O6S. The standard InChI is InChI=1S/C32H47IN4O6S/c1-22-28(44-21-35-22)24-11-9-23(10-12-24)18-34-30(40)26-17-25(38)19-37(26)31(41)29(32(2,3)4)36-27(39)20-43-16-15-42-14-8-6-5-7-13-33/h9-12,21,25-26,29,38H,5-8,13-20H2,1-4H3,(H,34,40)(H,36,39)/t25-,26+,29?/m1/s1. The van der Waals surface area contributed by atoms with Crippen molar-refractivity contribution in [2.24, 2.45) is 5.41 Å². The van der Waals surface area contributed by atoms with E-state index < -0.39 is 35.4 Å². The van der Waals surface area contributed by atoms with Gasteiger partial charge in [-0.15, -0.1) is 11.3 Å². The van der Waals surface area contributed by atoms with E-state index >= 15 is 0 Å². The molecule has 44 heavy (non-hydrogen) atoms. The molecule has 1 unspecified atom stereocenters. The van der Waals surface area contributed by atoms with Gasteiger partial charge in [0.15, 0.2) is 0 Å². The molecule has 12 heteroatoms. The van der Waals surface area contributed by atoms with Crippen LogP contribution < -0.4 is 10.6 Å². The predicted molar refractivity (Wildman–Crippen MR) is 181 cm³/mol. The number of alkyl halides is 1. The maximum absolute atomic E-state index is 13.7. The zero-order chi connectivity index (χ0) is 32.1. The Hall–Kier alpha value is -2.13. The van der Waals surface area contributed by atoms with Gasteiger partial charge >= 0.3 is 0 Å². The number of nitrogens with one attached hydrogen (secondary N) is 2. The molecule has 3 rings (SSSR count). The first-order chi connectivity index (χ1) is 21.0. The summed E-state index contributed by atoms with van der Waals surface area (Å²) >= 11 is 3.97. The van der Waals surface area contributed by atoms with Crippen LogP contribution in [0.1, 0.15) is 64.1 Å². The molecule has 1 aromatic heterocycles. The van der Waals surface area contributed by atoms with Gasteiger partial charge in [0.25, 0.3) is 0 Å². The molecule has 0 aliphatic carbocycles. The molecule has 10 nitrogen and oxygen atoms in total. The Morgan fingerprint density at radius 2 is 1.80 bits per heavy atom. The van der Waals surface area contributed by atoms with Crippen LogP contribution in [0.4, 0.5) is 0 Å². The molecule has 1 fully saturated rings. The number of thiazole rings is 1. The third kappa shape index (κ3) is 11.3. The van der Waals surface area contributed by atoms with E-state index in [0.717, 1.165) is 34.5 Å². The summed E-state index contributed by atoms with van der Waals surface area (Å²) in [5.74, 6) is -1.17. The molecular weight excluding hydrogens is 695 g/mol. The lowest BCUT2D eigenvalue weighted by molar-refractivity contribution is -0.144. The summed E-state index contributed by atoms with van der Waals surface area (Å²) in [5.41, 5.74) is 4.14. The number of aliphatic hydroxyl groups excluding tert-OH is 1. The minimum Gasteiger partial charge on any atom is -0.391 e. The zero-order valence-corrected chi connectivity index (χ0v) is 29.2. The highest BCUT2D eigenvalue weighted by molar-refractivity contribution is 14.1. The second-order valence-corrected chi connectivity index (χ2v) is 14.1. The number of rotatable bonds is 17. The van der Waals surface area contributed by atoms with Gasteiger partial charge in [-0.2, -0.15) is 0 Å². The molecule has 244 valence electrons. The molecule has 1 aromatic carbocycles. The number of ether oxygens (including phenoxy) is 2. The minimum absolute atomic E-state index is 0.0220. The fourth-order valence-electron chi connectivity index (χ4n) is 5.02. The maximum atomic E-state index is 13.7. The van der Waals surface area contributed by atoms with Gasteiger partial charge in [-0.3, -0.25) is 14.4 Å². The van der Waals surface area contributed by atoms with Crippen LogP contribution in [0.3, 0.4) is 0 Å². The Kier molecular flexibility index (Phi) is 15.0. The number of aliphatic hydroxyl groups is 1. The van der Waals surface area contributed by atoms with E-state index in [4.69, 9.17) is 9.47 Å². The number of halogens is 1. The summed E-state index contributed by atoms with van der Waals surface area (Å²) in [6, 6.07) is 6.16. The number of benzene rings is 1. The summed E-state index contributed by atoms with van der Waals surface area (Å²) in [7, 11) is 0. The monoisotopic (exact) mass is 742 g/mol. The Morgan fingerprint density at radius 1 is 1.09 bits per heavy atom. The fraction of sp³-hybridized carbons (Fsp3) is 0.625. The van der Waals surface area contributed by atoms with Crippen molar-refractivity contribution in [3.05, 3.63) is 41.0 Å². The van der Waals surface area contributed by atoms with Crippen molar-refractivity contribution in [3.8, 4) is 10.4 Å². The lowest BCUT2D eigenvalue weighted by atomic mass is 9.85. The Morgan fingerprint density at radius 3 is 2.45 bits per heavy atom. The summed E-state index contributed by atoms with van der Waals surface area (Å²) in [6.45, 7) is 8.99. The molecule has 1 aliphatic heterocycles. The average Bonchev–Trinajstić information content (AvgIpc) is 3.60. The lowest BCUT2D eigenvalue weighted by Crippen LogP contribution is -2.58. The van der Waals surface area contributed by atoms with Crippen LogP contribution in [-0.2, 0) is 30.4 Å². The van der Waals surface area contributed by atoms with Gasteiger partial charge in [0.05, 0.1) is 35.4 Å². The molecule has 3 N–H and O–H groups in total. The van der Waals surface area contributed by atoms with Crippen molar-refractivity contribution in [1.29, 1.82) is 0 Å². The van der Waals surface area contributed by atoms with Crippen molar-refractivity contribution in [2.45, 2.75) is 84.5 Å². The van der Waals surface area contributed by atoms with Gasteiger partial charge in [0.2, 0.25) is 17.7 Å². The number of aryl methyl sites for hydroxylation is 1. The van der Waals surface area contributed by atoms with Gasteiger partial charge in [0.1, 0.15) is 18.7 Å². The molecule has 1 aliphatic rings. The SMILES string of the molecule is Cc1ncsc1-c1ccc(CNC(=O)[C@@H]2C[C@@H](O)CN2C(=O)C(NC(=O)COCCOCCCCCCI)C(C)(C)C)cc1. The summed E-state index contributed by atoms with van der Waals surface area (Å²) in [5, 5.41) is 16.1. The van der Waals surface area contributed by atoms with Gasteiger partial charge in [-0.1, -0.05) is 80.5 Å². The van der Waals surface area contributed by atoms with Crippen LogP contribution in [-0.4, -0.2) is 88.3 Å². The van der Waals surface area contributed by atoms with Gasteiger partial charge in [-0.05, 0) is 40.7 Å². The van der Waals surface area contributed by atoms with Crippen molar-refractivity contribution in [2.75, 3.05) is 37.4 Å². The number of nitrogens with zero attached hydrogens (tertiary/aromatic N) is 2. The van der Waals surface area contributed by atoms with E-state index in [0.29, 0.717) is 13.2 Å². The number of hydrogen-bond acceptors (Lipinski definition) is 8. The van der Waals surface area contributed by atoms with E-state index in [1.165, 1.54) is 22.2 Å². The second-order valence-electron chi connectivity index (χ2n) is 12.2. The largest absolute Gasteiger partial charge is 0.391 e. The number of unbranched alkanes of at least 4 members (excludes halogenated alkanes) is 3. The van der Waals surface area contributed by atoms with Crippen molar-refractivity contribution < 1.29 is 29.0 Å². The second kappa shape index (κ2) is 18.1. The fourth-order valence-corrected chi connectivity index (χ4v) is 6.37. The maximum Gasteiger partial charge on any atom is 0.246 e. The topological polar surface area (TPSA) is 130 Å². The summed E-state index contributed by atoms with van der Waals surface area (Å²) < 4.78 is 12.2. The van der Waals surface area contributed by atoms with Crippen LogP contribution in [0.15, 0.2) is 29.8 Å². The number of β-amino-alcohol motifs (C(OH)–C–C–N with tert-alkyl or cyclic N) is 1. The van der Waals surface area contributed by atoms with Gasteiger partial charge in [0, 0.05) is 26.1 Å². The minimum atomic E-state index is -0.902. The molecule has 0 spiro atoms. The number of amides is 3. The number of carbonyl (C=O) groups is 3. The average molecular weight is 743 g/mol. The predicted octanol–water partition coefficient (Wildman–Crippen LogP) is 4.26. The number of aromatic nitrogens is 1. The molecule has 0 radical (unpaired) electrons. The van der Waals surface area contributed by atoms with Crippen LogP contribution in [0.25, 0.3) is 10.4 Å². The normalized spacial score (nSPS) is 17.5. The lowest BCUT2D eigenvalue weighted by Gasteiger charge is -2.35. The molecule has 1 saturated heterocycles. The molecule has 3 amide bonds.